The highest BCUT2D eigenvalue weighted by Crippen LogP contribution is 2.22. The maximum absolute atomic E-state index is 12.7. The highest BCUT2D eigenvalue weighted by molar-refractivity contribution is 7.92. The van der Waals surface area contributed by atoms with E-state index in [0.717, 1.165) is 12.0 Å². The summed E-state index contributed by atoms with van der Waals surface area (Å²) in [4.78, 5) is 12.8. The van der Waals surface area contributed by atoms with E-state index in [1.165, 1.54) is 16.9 Å². The van der Waals surface area contributed by atoms with Crippen LogP contribution in [0.4, 0.5) is 5.69 Å². The van der Waals surface area contributed by atoms with Gasteiger partial charge in [-0.05, 0) is 60.9 Å². The van der Waals surface area contributed by atoms with Gasteiger partial charge in [0.25, 0.3) is 15.9 Å². The minimum atomic E-state index is -3.65. The second-order valence-corrected chi connectivity index (χ2v) is 9.09. The monoisotopic (exact) mass is 422 g/mol. The fourth-order valence-electron chi connectivity index (χ4n) is 3.12. The Balaban J connectivity index is 1.70. The van der Waals surface area contributed by atoms with Crippen LogP contribution in [-0.4, -0.2) is 21.4 Å². The molecule has 0 spiro atoms. The topological polar surface area (TPSA) is 66.5 Å². The maximum Gasteiger partial charge on any atom is 0.264 e. The molecule has 0 unspecified atom stereocenters. The number of amides is 1. The van der Waals surface area contributed by atoms with E-state index in [-0.39, 0.29) is 16.8 Å². The Bertz CT molecular complexity index is 1090. The van der Waals surface area contributed by atoms with Gasteiger partial charge in [-0.1, -0.05) is 49.4 Å². The lowest BCUT2D eigenvalue weighted by molar-refractivity contribution is 0.0940. The van der Waals surface area contributed by atoms with Crippen LogP contribution in [0.15, 0.2) is 83.8 Å². The fraction of sp³-hybridized carbons (Fsp3) is 0.208. The van der Waals surface area contributed by atoms with Crippen molar-refractivity contribution >= 4 is 21.6 Å². The minimum Gasteiger partial charge on any atom is -0.346 e. The van der Waals surface area contributed by atoms with E-state index in [0.29, 0.717) is 11.3 Å². The molecule has 156 valence electrons. The first kappa shape index (κ1) is 21.6. The van der Waals surface area contributed by atoms with Crippen molar-refractivity contribution in [2.45, 2.75) is 31.2 Å². The summed E-state index contributed by atoms with van der Waals surface area (Å²) in [7, 11) is -2.15. The van der Waals surface area contributed by atoms with Gasteiger partial charge in [-0.15, -0.1) is 0 Å². The van der Waals surface area contributed by atoms with E-state index in [4.69, 9.17) is 0 Å². The van der Waals surface area contributed by atoms with E-state index in [1.54, 1.807) is 54.6 Å². The van der Waals surface area contributed by atoms with Crippen LogP contribution in [0.1, 0.15) is 41.4 Å². The van der Waals surface area contributed by atoms with Gasteiger partial charge in [0.15, 0.2) is 0 Å². The number of anilines is 1. The summed E-state index contributed by atoms with van der Waals surface area (Å²) in [5, 5.41) is 2.98. The van der Waals surface area contributed by atoms with Crippen LogP contribution in [0.5, 0.6) is 0 Å². The molecule has 5 nitrogen and oxygen atoms in total. The zero-order chi connectivity index (χ0) is 21.7. The first-order chi connectivity index (χ1) is 14.3. The second kappa shape index (κ2) is 9.13. The summed E-state index contributed by atoms with van der Waals surface area (Å²) in [5.74, 6) is -0.206. The van der Waals surface area contributed by atoms with Crippen molar-refractivity contribution in [1.82, 2.24) is 5.32 Å². The summed E-state index contributed by atoms with van der Waals surface area (Å²) in [6.07, 6.45) is 0.974. The number of nitrogens with zero attached hydrogens (tertiary/aromatic N) is 1. The molecular weight excluding hydrogens is 396 g/mol. The Labute approximate surface area is 178 Å². The Morgan fingerprint density at radius 1 is 0.933 bits per heavy atom. The zero-order valence-electron chi connectivity index (χ0n) is 17.4. The molecule has 3 rings (SSSR count). The summed E-state index contributed by atoms with van der Waals surface area (Å²) in [5.41, 5.74) is 3.24. The van der Waals surface area contributed by atoms with Crippen LogP contribution in [0.3, 0.4) is 0 Å². The quantitative estimate of drug-likeness (QED) is 0.607. The second-order valence-electron chi connectivity index (χ2n) is 7.12. The van der Waals surface area contributed by atoms with Gasteiger partial charge in [0.05, 0.1) is 16.6 Å². The average molecular weight is 423 g/mol. The summed E-state index contributed by atoms with van der Waals surface area (Å²) in [6.45, 7) is 4.04. The molecule has 6 heteroatoms. The number of nitrogens with one attached hydrogen (secondary N) is 1. The van der Waals surface area contributed by atoms with Crippen LogP contribution < -0.4 is 9.62 Å². The third kappa shape index (κ3) is 4.71. The van der Waals surface area contributed by atoms with Gasteiger partial charge in [-0.3, -0.25) is 9.10 Å². The molecule has 0 bridgehead atoms. The van der Waals surface area contributed by atoms with Gasteiger partial charge in [-0.2, -0.15) is 0 Å². The molecule has 1 atom stereocenters. The summed E-state index contributed by atoms with van der Waals surface area (Å²) < 4.78 is 26.7. The first-order valence-corrected chi connectivity index (χ1v) is 11.3. The molecule has 0 aliphatic carbocycles. The number of benzene rings is 3. The molecule has 30 heavy (non-hydrogen) atoms. The van der Waals surface area contributed by atoms with Crippen LogP contribution in [-0.2, 0) is 16.4 Å². The molecule has 0 radical (unpaired) electrons. The van der Waals surface area contributed by atoms with Crippen molar-refractivity contribution in [2.75, 3.05) is 11.4 Å². The average Bonchev–Trinajstić information content (AvgIpc) is 2.79. The smallest absolute Gasteiger partial charge is 0.264 e. The highest BCUT2D eigenvalue weighted by Gasteiger charge is 2.21. The predicted octanol–water partition coefficient (Wildman–Crippen LogP) is 4.57. The lowest BCUT2D eigenvalue weighted by Gasteiger charge is -2.20. The number of carbonyl (C=O) groups is 1. The molecule has 0 saturated carbocycles. The molecule has 3 aromatic carbocycles. The zero-order valence-corrected chi connectivity index (χ0v) is 18.2. The third-order valence-corrected chi connectivity index (χ3v) is 6.93. The maximum atomic E-state index is 12.7. The van der Waals surface area contributed by atoms with Gasteiger partial charge in [-0.25, -0.2) is 8.42 Å². The van der Waals surface area contributed by atoms with Crippen LogP contribution in [0, 0.1) is 0 Å². The van der Waals surface area contributed by atoms with Gasteiger partial charge < -0.3 is 5.32 Å². The number of aryl methyl sites for hydroxylation is 1. The van der Waals surface area contributed by atoms with E-state index in [2.05, 4.69) is 24.4 Å². The highest BCUT2D eigenvalue weighted by atomic mass is 32.2. The van der Waals surface area contributed by atoms with Crippen molar-refractivity contribution in [3.05, 3.63) is 95.6 Å². The van der Waals surface area contributed by atoms with Crippen LogP contribution in [0.2, 0.25) is 0 Å². The van der Waals surface area contributed by atoms with Gasteiger partial charge in [0.2, 0.25) is 0 Å². The Morgan fingerprint density at radius 2 is 1.53 bits per heavy atom. The molecule has 0 fully saturated rings. The number of carbonyl (C=O) groups excluding carboxylic acids is 1. The van der Waals surface area contributed by atoms with E-state index >= 15 is 0 Å². The molecule has 1 N–H and O–H groups in total. The third-order valence-electron chi connectivity index (χ3n) is 5.13. The Kier molecular flexibility index (Phi) is 6.57. The van der Waals surface area contributed by atoms with Crippen molar-refractivity contribution in [3.63, 3.8) is 0 Å². The minimum absolute atomic E-state index is 0.135. The molecule has 0 aliphatic rings. The van der Waals surface area contributed by atoms with Crippen molar-refractivity contribution in [1.29, 1.82) is 0 Å². The number of sulfonamides is 1. The molecule has 0 saturated heterocycles. The summed E-state index contributed by atoms with van der Waals surface area (Å²) >= 11 is 0. The SMILES string of the molecule is CCc1ccc([C@@H](C)NC(=O)c2ccc(N(C)S(=O)(=O)c3ccccc3)cc2)cc1. The Hall–Kier alpha value is -3.12. The number of hydrogen-bond acceptors (Lipinski definition) is 3. The lowest BCUT2D eigenvalue weighted by Crippen LogP contribution is -2.28. The van der Waals surface area contributed by atoms with Crippen LogP contribution >= 0.6 is 0 Å². The predicted molar refractivity (Wildman–Crippen MR) is 120 cm³/mol. The largest absolute Gasteiger partial charge is 0.346 e. The lowest BCUT2D eigenvalue weighted by atomic mass is 10.0. The van der Waals surface area contributed by atoms with Gasteiger partial charge in [0, 0.05) is 12.6 Å². The van der Waals surface area contributed by atoms with Gasteiger partial charge >= 0.3 is 0 Å². The number of hydrogen-bond donors (Lipinski definition) is 1. The van der Waals surface area contributed by atoms with Crippen molar-refractivity contribution in [2.24, 2.45) is 0 Å². The fourth-order valence-corrected chi connectivity index (χ4v) is 4.33. The Morgan fingerprint density at radius 3 is 2.10 bits per heavy atom. The first-order valence-electron chi connectivity index (χ1n) is 9.86. The van der Waals surface area contributed by atoms with Crippen molar-refractivity contribution in [3.8, 4) is 0 Å². The van der Waals surface area contributed by atoms with Crippen LogP contribution in [0.25, 0.3) is 0 Å². The van der Waals surface area contributed by atoms with Crippen molar-refractivity contribution < 1.29 is 13.2 Å². The van der Waals surface area contributed by atoms with E-state index in [1.807, 2.05) is 19.1 Å². The van der Waals surface area contributed by atoms with E-state index < -0.39 is 10.0 Å². The molecule has 3 aromatic rings. The van der Waals surface area contributed by atoms with Gasteiger partial charge in [0.1, 0.15) is 0 Å². The molecule has 1 amide bonds. The van der Waals surface area contributed by atoms with E-state index in [9.17, 15) is 13.2 Å². The molecule has 0 aromatic heterocycles. The normalized spacial score (nSPS) is 12.2. The molecule has 0 aliphatic heterocycles. The molecular formula is C24H26N2O3S. The number of rotatable bonds is 7. The standard InChI is InChI=1S/C24H26N2O3S/c1-4-19-10-12-20(13-11-19)18(2)25-24(27)21-14-16-22(17-15-21)26(3)30(28,29)23-8-6-5-7-9-23/h5-18H,4H2,1-3H3,(H,25,27)/t18-/m1/s1. The molecule has 0 heterocycles. The summed E-state index contributed by atoms with van der Waals surface area (Å²) in [6, 6.07) is 22.8.